The topological polar surface area (TPSA) is 52.9 Å². The summed E-state index contributed by atoms with van der Waals surface area (Å²) in [6.45, 7) is 4.46. The van der Waals surface area contributed by atoms with Gasteiger partial charge in [-0.05, 0) is 37.4 Å². The number of carbonyl (C=O) groups is 1. The third-order valence-corrected chi connectivity index (χ3v) is 2.57. The van der Waals surface area contributed by atoms with Crippen LogP contribution in [0, 0.1) is 17.2 Å². The second-order valence-corrected chi connectivity index (χ2v) is 3.89. The van der Waals surface area contributed by atoms with Gasteiger partial charge in [0.15, 0.2) is 5.83 Å². The van der Waals surface area contributed by atoms with Crippen LogP contribution in [0.1, 0.15) is 19.3 Å². The summed E-state index contributed by atoms with van der Waals surface area (Å²) in [5.41, 5.74) is 0.453. The fourth-order valence-corrected chi connectivity index (χ4v) is 1.75. The zero-order chi connectivity index (χ0) is 12.0. The van der Waals surface area contributed by atoms with Crippen LogP contribution in [0.15, 0.2) is 24.1 Å². The van der Waals surface area contributed by atoms with Crippen molar-refractivity contribution in [1.29, 1.82) is 5.26 Å². The lowest BCUT2D eigenvalue weighted by Crippen LogP contribution is -2.26. The summed E-state index contributed by atoms with van der Waals surface area (Å²) >= 11 is 0. The predicted molar refractivity (Wildman–Crippen MR) is 59.2 cm³/mol. The Morgan fingerprint density at radius 1 is 1.75 bits per heavy atom. The number of rotatable bonds is 3. The molecule has 0 bridgehead atoms. The zero-order valence-electron chi connectivity index (χ0n) is 9.13. The molecule has 0 radical (unpaired) electrons. The largest absolute Gasteiger partial charge is 0.316 e. The summed E-state index contributed by atoms with van der Waals surface area (Å²) in [4.78, 5) is 11.5. The lowest BCUT2D eigenvalue weighted by Gasteiger charge is -2.18. The molecule has 86 valence electrons. The Kier molecular flexibility index (Phi) is 4.87. The fourth-order valence-electron chi connectivity index (χ4n) is 1.75. The molecule has 1 rings (SSSR count). The first-order chi connectivity index (χ1) is 7.65. The van der Waals surface area contributed by atoms with Crippen molar-refractivity contribution in [1.82, 2.24) is 5.32 Å². The fraction of sp³-hybridized carbons (Fsp3) is 0.500. The molecular weight excluding hydrogens is 207 g/mol. The van der Waals surface area contributed by atoms with Crippen LogP contribution in [0.3, 0.4) is 0 Å². The van der Waals surface area contributed by atoms with Crippen LogP contribution in [0.5, 0.6) is 0 Å². The molecule has 1 aliphatic heterocycles. The molecule has 0 aromatic rings. The highest BCUT2D eigenvalue weighted by Gasteiger charge is 2.19. The predicted octanol–water partition coefficient (Wildman–Crippen LogP) is 1.88. The van der Waals surface area contributed by atoms with E-state index in [-0.39, 0.29) is 5.92 Å². The Morgan fingerprint density at radius 2 is 2.50 bits per heavy atom. The number of hydrogen-bond acceptors (Lipinski definition) is 3. The summed E-state index contributed by atoms with van der Waals surface area (Å²) in [6.07, 6.45) is 3.26. The van der Waals surface area contributed by atoms with Gasteiger partial charge in [0.05, 0.1) is 6.07 Å². The SMILES string of the molecule is C=C(F)C(=O)/C1=C\CCNC[C@H](CC#N)C1. The molecule has 0 unspecified atom stereocenters. The van der Waals surface area contributed by atoms with Crippen molar-refractivity contribution >= 4 is 5.78 Å². The number of halogens is 1. The molecule has 0 fully saturated rings. The second kappa shape index (κ2) is 6.19. The number of nitrogens with one attached hydrogen (secondary N) is 1. The van der Waals surface area contributed by atoms with Gasteiger partial charge >= 0.3 is 0 Å². The first-order valence-corrected chi connectivity index (χ1v) is 5.31. The first-order valence-electron chi connectivity index (χ1n) is 5.31. The van der Waals surface area contributed by atoms with E-state index in [0.717, 1.165) is 6.54 Å². The molecule has 1 aliphatic rings. The maximum atomic E-state index is 12.8. The number of carbonyl (C=O) groups excluding carboxylic acids is 1. The second-order valence-electron chi connectivity index (χ2n) is 3.89. The van der Waals surface area contributed by atoms with E-state index in [1.54, 1.807) is 6.08 Å². The first kappa shape index (κ1) is 12.6. The minimum absolute atomic E-state index is 0.0693. The monoisotopic (exact) mass is 222 g/mol. The van der Waals surface area contributed by atoms with E-state index in [1.165, 1.54) is 0 Å². The van der Waals surface area contributed by atoms with Gasteiger partial charge in [0.2, 0.25) is 5.78 Å². The van der Waals surface area contributed by atoms with Gasteiger partial charge in [0.1, 0.15) is 0 Å². The molecule has 0 spiro atoms. The lowest BCUT2D eigenvalue weighted by molar-refractivity contribution is -0.113. The summed E-state index contributed by atoms with van der Waals surface area (Å²) < 4.78 is 12.8. The normalized spacial score (nSPS) is 24.5. The minimum Gasteiger partial charge on any atom is -0.316 e. The van der Waals surface area contributed by atoms with Gasteiger partial charge in [-0.15, -0.1) is 0 Å². The van der Waals surface area contributed by atoms with E-state index in [2.05, 4.69) is 18.0 Å². The summed E-state index contributed by atoms with van der Waals surface area (Å²) in [5.74, 6) is -1.47. The van der Waals surface area contributed by atoms with Crippen LogP contribution in [0.25, 0.3) is 0 Å². The maximum Gasteiger partial charge on any atom is 0.216 e. The number of Topliss-reactive ketones (excluding diaryl/α,β-unsaturated/α-hetero) is 1. The van der Waals surface area contributed by atoms with Gasteiger partial charge in [-0.25, -0.2) is 4.39 Å². The van der Waals surface area contributed by atoms with Crippen molar-refractivity contribution in [2.45, 2.75) is 19.3 Å². The number of nitriles is 1. The number of nitrogens with zero attached hydrogens (tertiary/aromatic N) is 1. The third-order valence-electron chi connectivity index (χ3n) is 2.57. The van der Waals surface area contributed by atoms with Crippen LogP contribution < -0.4 is 5.32 Å². The standard InChI is InChI=1S/C12H15FN2O/c1-9(13)12(16)11-3-2-6-15-8-10(7-11)4-5-14/h3,10,15H,1-2,4,6-8H2/b11-3-/t10-/m1/s1. The molecule has 0 amide bonds. The molecule has 1 heterocycles. The highest BCUT2D eigenvalue weighted by Crippen LogP contribution is 2.20. The third kappa shape index (κ3) is 3.59. The van der Waals surface area contributed by atoms with Gasteiger partial charge < -0.3 is 5.32 Å². The van der Waals surface area contributed by atoms with Crippen LogP contribution in [-0.2, 0) is 4.79 Å². The minimum atomic E-state index is -0.921. The Labute approximate surface area is 94.6 Å². The van der Waals surface area contributed by atoms with E-state index in [4.69, 9.17) is 5.26 Å². The zero-order valence-corrected chi connectivity index (χ0v) is 9.13. The van der Waals surface area contributed by atoms with E-state index >= 15 is 0 Å². The van der Waals surface area contributed by atoms with Gasteiger partial charge in [0, 0.05) is 6.42 Å². The Hall–Kier alpha value is -1.47. The van der Waals surface area contributed by atoms with Crippen LogP contribution in [-0.4, -0.2) is 18.9 Å². The van der Waals surface area contributed by atoms with Crippen LogP contribution in [0.2, 0.25) is 0 Å². The van der Waals surface area contributed by atoms with Crippen molar-refractivity contribution in [2.24, 2.45) is 5.92 Å². The van der Waals surface area contributed by atoms with E-state index in [9.17, 15) is 9.18 Å². The quantitative estimate of drug-likeness (QED) is 0.742. The van der Waals surface area contributed by atoms with Crippen molar-refractivity contribution < 1.29 is 9.18 Å². The highest BCUT2D eigenvalue weighted by molar-refractivity contribution is 6.06. The number of ketones is 1. The van der Waals surface area contributed by atoms with E-state index in [1.807, 2.05) is 0 Å². The Morgan fingerprint density at radius 3 is 3.12 bits per heavy atom. The van der Waals surface area contributed by atoms with Gasteiger partial charge in [-0.2, -0.15) is 5.26 Å². The highest BCUT2D eigenvalue weighted by atomic mass is 19.1. The average molecular weight is 222 g/mol. The lowest BCUT2D eigenvalue weighted by atomic mass is 9.92. The molecule has 0 aliphatic carbocycles. The van der Waals surface area contributed by atoms with Gasteiger partial charge in [-0.3, -0.25) is 4.79 Å². The summed E-state index contributed by atoms with van der Waals surface area (Å²) in [7, 11) is 0. The van der Waals surface area contributed by atoms with Gasteiger partial charge in [-0.1, -0.05) is 12.7 Å². The molecule has 3 nitrogen and oxygen atoms in total. The number of allylic oxidation sites excluding steroid dienone is 2. The van der Waals surface area contributed by atoms with Crippen LogP contribution >= 0.6 is 0 Å². The molecule has 0 saturated carbocycles. The molecule has 16 heavy (non-hydrogen) atoms. The van der Waals surface area contributed by atoms with Crippen molar-refractivity contribution in [3.05, 3.63) is 24.1 Å². The molecule has 0 aromatic carbocycles. The molecule has 0 aromatic heterocycles. The molecule has 0 saturated heterocycles. The maximum absolute atomic E-state index is 12.8. The van der Waals surface area contributed by atoms with Crippen molar-refractivity contribution in [2.75, 3.05) is 13.1 Å². The van der Waals surface area contributed by atoms with E-state index in [0.29, 0.717) is 31.4 Å². The van der Waals surface area contributed by atoms with E-state index < -0.39 is 11.6 Å². The molecule has 1 N–H and O–H groups in total. The van der Waals surface area contributed by atoms with Crippen molar-refractivity contribution in [3.63, 3.8) is 0 Å². The Balaban J connectivity index is 2.76. The Bertz CT molecular complexity index is 355. The molecule has 4 heteroatoms. The molecule has 1 atom stereocenters. The van der Waals surface area contributed by atoms with Crippen molar-refractivity contribution in [3.8, 4) is 6.07 Å². The van der Waals surface area contributed by atoms with Crippen LogP contribution in [0.4, 0.5) is 4.39 Å². The average Bonchev–Trinajstić information content (AvgIpc) is 2.21. The summed E-state index contributed by atoms with van der Waals surface area (Å²) in [5, 5.41) is 11.8. The summed E-state index contributed by atoms with van der Waals surface area (Å²) in [6, 6.07) is 2.08. The van der Waals surface area contributed by atoms with Gasteiger partial charge in [0.25, 0.3) is 0 Å². The smallest absolute Gasteiger partial charge is 0.216 e. The molecular formula is C12H15FN2O. The number of hydrogen-bond donors (Lipinski definition) is 1.